The van der Waals surface area contributed by atoms with Crippen molar-refractivity contribution in [1.29, 1.82) is 0 Å². The number of amides is 1. The fourth-order valence-corrected chi connectivity index (χ4v) is 3.11. The van der Waals surface area contributed by atoms with Crippen LogP contribution in [0.2, 0.25) is 0 Å². The third kappa shape index (κ3) is 3.60. The summed E-state index contributed by atoms with van der Waals surface area (Å²) in [5.74, 6) is -0.0866. The van der Waals surface area contributed by atoms with Gasteiger partial charge in [0, 0.05) is 16.3 Å². The summed E-state index contributed by atoms with van der Waals surface area (Å²) in [6.07, 6.45) is 1.70. The average Bonchev–Trinajstić information content (AvgIpc) is 2.60. The Bertz CT molecular complexity index is 906. The van der Waals surface area contributed by atoms with Crippen molar-refractivity contribution in [1.82, 2.24) is 10.2 Å². The summed E-state index contributed by atoms with van der Waals surface area (Å²) in [4.78, 5) is 23.8. The zero-order valence-electron chi connectivity index (χ0n) is 13.0. The molecule has 1 N–H and O–H groups in total. The van der Waals surface area contributed by atoms with Crippen molar-refractivity contribution in [2.45, 2.75) is 11.9 Å². The molecule has 0 saturated carbocycles. The number of ketones is 1. The van der Waals surface area contributed by atoms with E-state index in [0.29, 0.717) is 16.3 Å². The quantitative estimate of drug-likeness (QED) is 0.569. The van der Waals surface area contributed by atoms with Gasteiger partial charge in [-0.3, -0.25) is 9.59 Å². The van der Waals surface area contributed by atoms with E-state index in [1.54, 1.807) is 30.5 Å². The van der Waals surface area contributed by atoms with Crippen molar-refractivity contribution in [3.8, 4) is 0 Å². The smallest absolute Gasteiger partial charge is 0.234 e. The van der Waals surface area contributed by atoms with Gasteiger partial charge in [-0.1, -0.05) is 48.2 Å². The van der Waals surface area contributed by atoms with Crippen molar-refractivity contribution in [3.05, 3.63) is 60.3 Å². The Kier molecular flexibility index (Phi) is 4.86. The minimum atomic E-state index is -0.191. The van der Waals surface area contributed by atoms with Gasteiger partial charge in [0.1, 0.15) is 5.03 Å². The van der Waals surface area contributed by atoms with Crippen molar-refractivity contribution in [3.63, 3.8) is 0 Å². The number of carbonyl (C=O) groups excluding carboxylic acids is 2. The predicted octanol–water partition coefficient (Wildman–Crippen LogP) is 3.56. The molecule has 0 bridgehead atoms. The van der Waals surface area contributed by atoms with Gasteiger partial charge in [-0.05, 0) is 19.1 Å². The van der Waals surface area contributed by atoms with Crippen LogP contribution in [0.25, 0.3) is 10.8 Å². The van der Waals surface area contributed by atoms with E-state index in [-0.39, 0.29) is 17.4 Å². The minimum absolute atomic E-state index is 0.0847. The lowest BCUT2D eigenvalue weighted by atomic mass is 10.1. The summed E-state index contributed by atoms with van der Waals surface area (Å²) < 4.78 is 0. The van der Waals surface area contributed by atoms with E-state index in [2.05, 4.69) is 15.5 Å². The normalized spacial score (nSPS) is 10.5. The van der Waals surface area contributed by atoms with Gasteiger partial charge in [-0.15, -0.1) is 5.10 Å². The molecule has 0 unspecified atom stereocenters. The highest BCUT2D eigenvalue weighted by atomic mass is 32.2. The van der Waals surface area contributed by atoms with Gasteiger partial charge in [0.25, 0.3) is 0 Å². The Morgan fingerprint density at radius 2 is 1.83 bits per heavy atom. The number of fused-ring (bicyclic) bond motifs is 1. The molecule has 1 heterocycles. The Morgan fingerprint density at radius 1 is 1.08 bits per heavy atom. The molecular formula is C18H15N3O2S. The van der Waals surface area contributed by atoms with E-state index in [9.17, 15) is 9.59 Å². The fraction of sp³-hybridized carbons (Fsp3) is 0.111. The van der Waals surface area contributed by atoms with Crippen LogP contribution >= 0.6 is 11.8 Å². The number of nitrogens with zero attached hydrogens (tertiary/aromatic N) is 2. The number of nitrogens with one attached hydrogen (secondary N) is 1. The number of hydrogen-bond acceptors (Lipinski definition) is 5. The zero-order valence-corrected chi connectivity index (χ0v) is 13.8. The third-order valence-corrected chi connectivity index (χ3v) is 4.44. The van der Waals surface area contributed by atoms with Crippen LogP contribution in [0.1, 0.15) is 17.3 Å². The van der Waals surface area contributed by atoms with Crippen LogP contribution in [0.5, 0.6) is 0 Å². The van der Waals surface area contributed by atoms with E-state index in [1.807, 2.05) is 24.3 Å². The topological polar surface area (TPSA) is 72.0 Å². The molecule has 6 heteroatoms. The highest BCUT2D eigenvalue weighted by Crippen LogP contribution is 2.25. The number of para-hydroxylation sites is 1. The number of carbonyl (C=O) groups is 2. The van der Waals surface area contributed by atoms with Gasteiger partial charge in [0.15, 0.2) is 5.78 Å². The van der Waals surface area contributed by atoms with Crippen LogP contribution in [-0.4, -0.2) is 27.6 Å². The fourth-order valence-electron chi connectivity index (χ4n) is 2.33. The maximum absolute atomic E-state index is 12.2. The SMILES string of the molecule is CC(=O)c1ccccc1NC(=O)CSc1nncc2ccccc12. The van der Waals surface area contributed by atoms with Crippen molar-refractivity contribution in [2.24, 2.45) is 0 Å². The monoisotopic (exact) mass is 337 g/mol. The third-order valence-electron chi connectivity index (χ3n) is 3.46. The van der Waals surface area contributed by atoms with Gasteiger partial charge in [0.05, 0.1) is 17.6 Å². The molecule has 1 amide bonds. The Labute approximate surface area is 143 Å². The molecule has 0 fully saturated rings. The number of thioether (sulfide) groups is 1. The molecule has 3 aromatic rings. The molecule has 5 nitrogen and oxygen atoms in total. The van der Waals surface area contributed by atoms with E-state index in [0.717, 1.165) is 10.8 Å². The second-order valence-corrected chi connectivity index (χ2v) is 6.14. The first-order valence-electron chi connectivity index (χ1n) is 7.38. The summed E-state index contributed by atoms with van der Waals surface area (Å²) in [5, 5.41) is 13.5. The summed E-state index contributed by atoms with van der Waals surface area (Å²) in [5.41, 5.74) is 1.03. The Hall–Kier alpha value is -2.73. The number of Topliss-reactive ketones (excluding diaryl/α,β-unsaturated/α-hetero) is 1. The van der Waals surface area contributed by atoms with Crippen molar-refractivity contribution < 1.29 is 9.59 Å². The maximum Gasteiger partial charge on any atom is 0.234 e. The first kappa shape index (κ1) is 16.1. The molecule has 0 aliphatic rings. The molecule has 24 heavy (non-hydrogen) atoms. The van der Waals surface area contributed by atoms with Crippen LogP contribution in [0.3, 0.4) is 0 Å². The lowest BCUT2D eigenvalue weighted by Crippen LogP contribution is -2.16. The lowest BCUT2D eigenvalue weighted by molar-refractivity contribution is -0.113. The van der Waals surface area contributed by atoms with E-state index >= 15 is 0 Å². The maximum atomic E-state index is 12.2. The van der Waals surface area contributed by atoms with Crippen LogP contribution in [0.4, 0.5) is 5.69 Å². The summed E-state index contributed by atoms with van der Waals surface area (Å²) >= 11 is 1.32. The molecule has 0 saturated heterocycles. The molecule has 0 radical (unpaired) electrons. The van der Waals surface area contributed by atoms with Gasteiger partial charge < -0.3 is 5.32 Å². The Balaban J connectivity index is 1.71. The van der Waals surface area contributed by atoms with E-state index in [1.165, 1.54) is 18.7 Å². The first-order chi connectivity index (χ1) is 11.6. The molecule has 0 spiro atoms. The second kappa shape index (κ2) is 7.23. The molecule has 0 atom stereocenters. The number of aromatic nitrogens is 2. The van der Waals surface area contributed by atoms with Crippen LogP contribution in [-0.2, 0) is 4.79 Å². The summed E-state index contributed by atoms with van der Waals surface area (Å²) in [6.45, 7) is 1.48. The summed E-state index contributed by atoms with van der Waals surface area (Å²) in [7, 11) is 0. The average molecular weight is 337 g/mol. The second-order valence-electron chi connectivity index (χ2n) is 5.18. The van der Waals surface area contributed by atoms with E-state index < -0.39 is 0 Å². The van der Waals surface area contributed by atoms with Crippen molar-refractivity contribution in [2.75, 3.05) is 11.1 Å². The highest BCUT2D eigenvalue weighted by molar-refractivity contribution is 8.00. The van der Waals surface area contributed by atoms with Crippen LogP contribution in [0.15, 0.2) is 59.8 Å². The molecule has 1 aromatic heterocycles. The largest absolute Gasteiger partial charge is 0.325 e. The molecular weight excluding hydrogens is 322 g/mol. The van der Waals surface area contributed by atoms with Crippen molar-refractivity contribution >= 4 is 39.9 Å². The van der Waals surface area contributed by atoms with Gasteiger partial charge in [0.2, 0.25) is 5.91 Å². The number of anilines is 1. The highest BCUT2D eigenvalue weighted by Gasteiger charge is 2.11. The standard InChI is InChI=1S/C18H15N3O2S/c1-12(22)14-7-4-5-9-16(14)20-17(23)11-24-18-15-8-3-2-6-13(15)10-19-21-18/h2-10H,11H2,1H3,(H,20,23). The van der Waals surface area contributed by atoms with E-state index in [4.69, 9.17) is 0 Å². The van der Waals surface area contributed by atoms with Gasteiger partial charge in [-0.2, -0.15) is 5.10 Å². The molecule has 0 aliphatic heterocycles. The summed E-state index contributed by atoms with van der Waals surface area (Å²) in [6, 6.07) is 14.7. The number of benzene rings is 2. The zero-order chi connectivity index (χ0) is 16.9. The lowest BCUT2D eigenvalue weighted by Gasteiger charge is -2.09. The molecule has 120 valence electrons. The number of rotatable bonds is 5. The minimum Gasteiger partial charge on any atom is -0.325 e. The van der Waals surface area contributed by atoms with Crippen LogP contribution < -0.4 is 5.32 Å². The Morgan fingerprint density at radius 3 is 2.67 bits per heavy atom. The first-order valence-corrected chi connectivity index (χ1v) is 8.37. The predicted molar refractivity (Wildman–Crippen MR) is 95.3 cm³/mol. The van der Waals surface area contributed by atoms with Gasteiger partial charge >= 0.3 is 0 Å². The van der Waals surface area contributed by atoms with Gasteiger partial charge in [-0.25, -0.2) is 0 Å². The molecule has 3 rings (SSSR count). The van der Waals surface area contributed by atoms with Crippen LogP contribution in [0, 0.1) is 0 Å². The molecule has 0 aliphatic carbocycles. The number of hydrogen-bond donors (Lipinski definition) is 1. The molecule has 2 aromatic carbocycles.